The van der Waals surface area contributed by atoms with Crippen molar-refractivity contribution in [2.75, 3.05) is 31.1 Å². The van der Waals surface area contributed by atoms with Crippen molar-refractivity contribution in [1.82, 2.24) is 15.2 Å². The van der Waals surface area contributed by atoms with E-state index in [4.69, 9.17) is 16.3 Å². The highest BCUT2D eigenvalue weighted by atomic mass is 35.5. The first kappa shape index (κ1) is 21.6. The van der Waals surface area contributed by atoms with Gasteiger partial charge in [-0.2, -0.15) is 0 Å². The lowest BCUT2D eigenvalue weighted by Gasteiger charge is -2.33. The Hall–Kier alpha value is -2.64. The van der Waals surface area contributed by atoms with Crippen LogP contribution in [-0.4, -0.2) is 53.9 Å². The van der Waals surface area contributed by atoms with Crippen LogP contribution in [0, 0.1) is 0 Å². The number of hydrogen-bond acceptors (Lipinski definition) is 5. The number of halogens is 1. The molecule has 8 heteroatoms. The van der Waals surface area contributed by atoms with Crippen molar-refractivity contribution in [2.24, 2.45) is 0 Å². The van der Waals surface area contributed by atoms with Gasteiger partial charge in [-0.25, -0.2) is 4.98 Å². The zero-order valence-electron chi connectivity index (χ0n) is 17.6. The Labute approximate surface area is 187 Å². The monoisotopic (exact) mass is 442 g/mol. The van der Waals surface area contributed by atoms with Crippen molar-refractivity contribution in [3.8, 4) is 11.6 Å². The molecule has 0 radical (unpaired) electrons. The number of aromatic nitrogens is 1. The SMILES string of the molecule is C[C@@H]1CCCCN1CCCNC(=O)CN1C(=O)c2cccnc2Oc2ccc(Cl)cc21. The number of carbonyl (C=O) groups excluding carboxylic acids is 2. The zero-order valence-corrected chi connectivity index (χ0v) is 18.4. The van der Waals surface area contributed by atoms with Gasteiger partial charge in [0.15, 0.2) is 5.75 Å². The normalized spacial score (nSPS) is 18.6. The molecule has 31 heavy (non-hydrogen) atoms. The van der Waals surface area contributed by atoms with Crippen LogP contribution >= 0.6 is 11.6 Å². The van der Waals surface area contributed by atoms with Gasteiger partial charge in [0.05, 0.1) is 5.69 Å². The van der Waals surface area contributed by atoms with Gasteiger partial charge >= 0.3 is 0 Å². The van der Waals surface area contributed by atoms with E-state index in [9.17, 15) is 9.59 Å². The fourth-order valence-corrected chi connectivity index (χ4v) is 4.30. The number of hydrogen-bond donors (Lipinski definition) is 1. The Morgan fingerprint density at radius 2 is 2.19 bits per heavy atom. The molecule has 1 fully saturated rings. The van der Waals surface area contributed by atoms with Crippen LogP contribution in [-0.2, 0) is 4.79 Å². The van der Waals surface area contributed by atoms with E-state index < -0.39 is 0 Å². The number of fused-ring (bicyclic) bond motifs is 2. The van der Waals surface area contributed by atoms with E-state index in [-0.39, 0.29) is 24.2 Å². The quantitative estimate of drug-likeness (QED) is 0.687. The molecule has 2 aliphatic heterocycles. The van der Waals surface area contributed by atoms with Crippen LogP contribution < -0.4 is 15.0 Å². The molecule has 1 atom stereocenters. The second kappa shape index (κ2) is 9.66. The molecular weight excluding hydrogens is 416 g/mol. The molecule has 2 amide bonds. The molecule has 2 aliphatic rings. The first-order valence-electron chi connectivity index (χ1n) is 10.8. The topological polar surface area (TPSA) is 74.8 Å². The number of nitrogens with zero attached hydrogens (tertiary/aromatic N) is 3. The Morgan fingerprint density at radius 3 is 3.03 bits per heavy atom. The molecule has 7 nitrogen and oxygen atoms in total. The van der Waals surface area contributed by atoms with E-state index in [0.717, 1.165) is 19.5 Å². The summed E-state index contributed by atoms with van der Waals surface area (Å²) in [5.41, 5.74) is 0.759. The first-order valence-corrected chi connectivity index (χ1v) is 11.2. The van der Waals surface area contributed by atoms with Crippen molar-refractivity contribution in [1.29, 1.82) is 0 Å². The number of anilines is 1. The van der Waals surface area contributed by atoms with Crippen LogP contribution in [0.25, 0.3) is 0 Å². The molecule has 1 aromatic carbocycles. The van der Waals surface area contributed by atoms with E-state index in [1.54, 1.807) is 36.5 Å². The van der Waals surface area contributed by atoms with Gasteiger partial charge in [-0.3, -0.25) is 14.5 Å². The minimum atomic E-state index is -0.346. The second-order valence-corrected chi connectivity index (χ2v) is 8.48. The minimum Gasteiger partial charge on any atom is -0.436 e. The molecule has 0 bridgehead atoms. The summed E-state index contributed by atoms with van der Waals surface area (Å²) in [7, 11) is 0. The predicted octanol–water partition coefficient (Wildman–Crippen LogP) is 3.87. The number of ether oxygens (including phenoxy) is 1. The highest BCUT2D eigenvalue weighted by Gasteiger charge is 2.30. The summed E-state index contributed by atoms with van der Waals surface area (Å²) in [6.45, 7) is 4.81. The average Bonchev–Trinajstić information content (AvgIpc) is 2.87. The molecule has 164 valence electrons. The number of amides is 2. The standard InChI is InChI=1S/C23H27ClN4O3/c1-16-6-2-3-12-27(16)13-5-11-25-21(29)15-28-19-14-17(24)8-9-20(19)31-22-18(23(28)30)7-4-10-26-22/h4,7-10,14,16H,2-3,5-6,11-13,15H2,1H3,(H,25,29)/t16-/m1/s1. The van der Waals surface area contributed by atoms with Crippen molar-refractivity contribution in [2.45, 2.75) is 38.6 Å². The summed E-state index contributed by atoms with van der Waals surface area (Å²) in [5.74, 6) is 0.0800. The van der Waals surface area contributed by atoms with Gasteiger partial charge in [0.25, 0.3) is 5.91 Å². The van der Waals surface area contributed by atoms with Gasteiger partial charge in [-0.15, -0.1) is 0 Å². The number of benzene rings is 1. The molecule has 4 rings (SSSR count). The fourth-order valence-electron chi connectivity index (χ4n) is 4.14. The van der Waals surface area contributed by atoms with Gasteiger partial charge < -0.3 is 15.0 Å². The highest BCUT2D eigenvalue weighted by Crippen LogP contribution is 2.39. The van der Waals surface area contributed by atoms with Gasteiger partial charge in [0, 0.05) is 30.4 Å². The lowest BCUT2D eigenvalue weighted by Crippen LogP contribution is -2.42. The number of piperidine rings is 1. The maximum Gasteiger partial charge on any atom is 0.264 e. The molecule has 2 aromatic rings. The largest absolute Gasteiger partial charge is 0.436 e. The number of pyridine rings is 1. The van der Waals surface area contributed by atoms with E-state index in [1.165, 1.54) is 24.2 Å². The number of nitrogens with one attached hydrogen (secondary N) is 1. The van der Waals surface area contributed by atoms with Gasteiger partial charge in [-0.1, -0.05) is 18.0 Å². The molecule has 0 unspecified atom stereocenters. The average molecular weight is 443 g/mol. The maximum absolute atomic E-state index is 13.2. The number of rotatable bonds is 6. The van der Waals surface area contributed by atoms with Gasteiger partial charge in [0.1, 0.15) is 12.1 Å². The third kappa shape index (κ3) is 4.99. The van der Waals surface area contributed by atoms with Crippen LogP contribution in [0.15, 0.2) is 36.5 Å². The van der Waals surface area contributed by atoms with Crippen LogP contribution in [0.3, 0.4) is 0 Å². The van der Waals surface area contributed by atoms with Crippen molar-refractivity contribution >= 4 is 29.1 Å². The Bertz CT molecular complexity index is 968. The molecule has 1 aromatic heterocycles. The van der Waals surface area contributed by atoms with E-state index in [2.05, 4.69) is 22.1 Å². The summed E-state index contributed by atoms with van der Waals surface area (Å²) < 4.78 is 5.85. The van der Waals surface area contributed by atoms with Crippen LogP contribution in [0.4, 0.5) is 5.69 Å². The molecule has 3 heterocycles. The summed E-state index contributed by atoms with van der Waals surface area (Å²) in [5, 5.41) is 3.40. The number of carbonyl (C=O) groups is 2. The van der Waals surface area contributed by atoms with Crippen molar-refractivity contribution in [3.63, 3.8) is 0 Å². The van der Waals surface area contributed by atoms with E-state index in [0.29, 0.717) is 34.6 Å². The molecular formula is C23H27ClN4O3. The third-order valence-electron chi connectivity index (χ3n) is 5.85. The lowest BCUT2D eigenvalue weighted by molar-refractivity contribution is -0.119. The summed E-state index contributed by atoms with van der Waals surface area (Å²) in [6.07, 6.45) is 6.22. The smallest absolute Gasteiger partial charge is 0.264 e. The summed E-state index contributed by atoms with van der Waals surface area (Å²) in [6, 6.07) is 8.91. The predicted molar refractivity (Wildman–Crippen MR) is 120 cm³/mol. The Balaban J connectivity index is 1.42. The van der Waals surface area contributed by atoms with E-state index >= 15 is 0 Å². The van der Waals surface area contributed by atoms with Crippen LogP contribution in [0.5, 0.6) is 11.6 Å². The van der Waals surface area contributed by atoms with Crippen molar-refractivity contribution in [3.05, 3.63) is 47.1 Å². The van der Waals surface area contributed by atoms with Crippen LogP contribution in [0.1, 0.15) is 43.0 Å². The first-order chi connectivity index (χ1) is 15.0. The van der Waals surface area contributed by atoms with Crippen LogP contribution in [0.2, 0.25) is 5.02 Å². The third-order valence-corrected chi connectivity index (χ3v) is 6.09. The highest BCUT2D eigenvalue weighted by molar-refractivity contribution is 6.31. The summed E-state index contributed by atoms with van der Waals surface area (Å²) >= 11 is 6.16. The maximum atomic E-state index is 13.2. The Kier molecular flexibility index (Phi) is 6.73. The van der Waals surface area contributed by atoms with Gasteiger partial charge in [0.2, 0.25) is 11.8 Å². The van der Waals surface area contributed by atoms with E-state index in [1.807, 2.05) is 0 Å². The fraction of sp³-hybridized carbons (Fsp3) is 0.435. The van der Waals surface area contributed by atoms with Crippen molar-refractivity contribution < 1.29 is 14.3 Å². The number of likely N-dealkylation sites (tertiary alicyclic amines) is 1. The molecule has 1 N–H and O–H groups in total. The molecule has 0 saturated carbocycles. The lowest BCUT2D eigenvalue weighted by atomic mass is 10.0. The molecule has 0 aliphatic carbocycles. The zero-order chi connectivity index (χ0) is 21.8. The summed E-state index contributed by atoms with van der Waals surface area (Å²) in [4.78, 5) is 33.9. The molecule has 1 saturated heterocycles. The second-order valence-electron chi connectivity index (χ2n) is 8.05. The Morgan fingerprint density at radius 1 is 1.32 bits per heavy atom. The molecule has 0 spiro atoms. The minimum absolute atomic E-state index is 0.121. The van der Waals surface area contributed by atoms with Gasteiger partial charge in [-0.05, 0) is 63.1 Å².